The van der Waals surface area contributed by atoms with Crippen LogP contribution in [-0.4, -0.2) is 6.61 Å². The van der Waals surface area contributed by atoms with E-state index >= 15 is 0 Å². The summed E-state index contributed by atoms with van der Waals surface area (Å²) in [5.41, 5.74) is 2.25. The van der Waals surface area contributed by atoms with E-state index in [1.54, 1.807) is 24.3 Å². The van der Waals surface area contributed by atoms with Gasteiger partial charge in [0.2, 0.25) is 0 Å². The van der Waals surface area contributed by atoms with Gasteiger partial charge in [0.25, 0.3) is 0 Å². The van der Waals surface area contributed by atoms with Crippen molar-refractivity contribution in [2.24, 2.45) is 0 Å². The predicted octanol–water partition coefficient (Wildman–Crippen LogP) is 3.73. The quantitative estimate of drug-likeness (QED) is 0.913. The first-order valence-electron chi connectivity index (χ1n) is 6.25. The van der Waals surface area contributed by atoms with Crippen molar-refractivity contribution in [3.63, 3.8) is 0 Å². The van der Waals surface area contributed by atoms with Crippen molar-refractivity contribution in [2.75, 3.05) is 11.9 Å². The van der Waals surface area contributed by atoms with Gasteiger partial charge < -0.3 is 10.1 Å². The summed E-state index contributed by atoms with van der Waals surface area (Å²) in [6, 6.07) is 16.5. The zero-order chi connectivity index (χ0) is 15.1. The third kappa shape index (κ3) is 4.14. The molecule has 0 fully saturated rings. The van der Waals surface area contributed by atoms with Crippen LogP contribution in [0, 0.1) is 22.7 Å². The average molecular weight is 298 g/mol. The molecule has 0 unspecified atom stereocenters. The fourth-order valence-electron chi connectivity index (χ4n) is 1.79. The Balaban J connectivity index is 2.06. The Bertz CT molecular complexity index is 716. The summed E-state index contributed by atoms with van der Waals surface area (Å²) in [5.74, 6) is 0.646. The van der Waals surface area contributed by atoms with E-state index in [1.165, 1.54) is 0 Å². The van der Waals surface area contributed by atoms with E-state index in [9.17, 15) is 0 Å². The molecule has 0 heterocycles. The third-order valence-corrected chi connectivity index (χ3v) is 3.11. The summed E-state index contributed by atoms with van der Waals surface area (Å²) in [6.07, 6.45) is 0. The van der Waals surface area contributed by atoms with E-state index in [-0.39, 0.29) is 6.61 Å². The highest BCUT2D eigenvalue weighted by atomic mass is 35.5. The van der Waals surface area contributed by atoms with Crippen LogP contribution >= 0.6 is 11.6 Å². The van der Waals surface area contributed by atoms with Crippen LogP contribution in [0.4, 0.5) is 5.69 Å². The van der Waals surface area contributed by atoms with Gasteiger partial charge in [0.1, 0.15) is 11.8 Å². The number of hydrogen-bond acceptors (Lipinski definition) is 4. The first-order valence-corrected chi connectivity index (χ1v) is 6.63. The fourth-order valence-corrected chi connectivity index (χ4v) is 1.97. The van der Waals surface area contributed by atoms with E-state index in [4.69, 9.17) is 26.9 Å². The van der Waals surface area contributed by atoms with Gasteiger partial charge in [-0.3, -0.25) is 0 Å². The second kappa shape index (κ2) is 7.19. The van der Waals surface area contributed by atoms with E-state index in [0.29, 0.717) is 28.6 Å². The Labute approximate surface area is 128 Å². The van der Waals surface area contributed by atoms with Gasteiger partial charge in [0.15, 0.2) is 6.61 Å². The van der Waals surface area contributed by atoms with Gasteiger partial charge in [0, 0.05) is 6.54 Å². The molecule has 0 aliphatic carbocycles. The minimum atomic E-state index is 0.0208. The zero-order valence-electron chi connectivity index (χ0n) is 11.1. The number of nitriles is 2. The van der Waals surface area contributed by atoms with Crippen molar-refractivity contribution >= 4 is 17.3 Å². The first kappa shape index (κ1) is 14.7. The Morgan fingerprint density at radius 3 is 2.76 bits per heavy atom. The maximum absolute atomic E-state index is 8.89. The fraction of sp³-hybridized carbons (Fsp3) is 0.125. The van der Waals surface area contributed by atoms with Gasteiger partial charge in [-0.05, 0) is 35.9 Å². The molecule has 0 radical (unpaired) electrons. The Hall–Kier alpha value is -2.69. The molecule has 0 aromatic heterocycles. The molecule has 4 nitrogen and oxygen atoms in total. The average Bonchev–Trinajstić information content (AvgIpc) is 2.52. The minimum Gasteiger partial charge on any atom is -0.479 e. The largest absolute Gasteiger partial charge is 0.479 e. The maximum atomic E-state index is 8.89. The Kier molecular flexibility index (Phi) is 5.04. The highest BCUT2D eigenvalue weighted by molar-refractivity contribution is 6.33. The molecule has 0 atom stereocenters. The topological polar surface area (TPSA) is 68.8 Å². The molecule has 21 heavy (non-hydrogen) atoms. The normalized spacial score (nSPS) is 9.48. The van der Waals surface area contributed by atoms with Crippen molar-refractivity contribution < 1.29 is 4.74 Å². The lowest BCUT2D eigenvalue weighted by Crippen LogP contribution is -2.01. The monoisotopic (exact) mass is 297 g/mol. The molecule has 2 aromatic rings. The summed E-state index contributed by atoms with van der Waals surface area (Å²) in [6.45, 7) is 0.561. The molecule has 2 rings (SSSR count). The second-order valence-electron chi connectivity index (χ2n) is 4.25. The van der Waals surface area contributed by atoms with Gasteiger partial charge in [-0.15, -0.1) is 0 Å². The SMILES string of the molecule is N#CCOc1cccc(CNc2cc(C#N)ccc2Cl)c1. The third-order valence-electron chi connectivity index (χ3n) is 2.78. The van der Waals surface area contributed by atoms with Crippen LogP contribution < -0.4 is 10.1 Å². The molecular formula is C16H12ClN3O. The van der Waals surface area contributed by atoms with Crippen molar-refractivity contribution in [1.82, 2.24) is 0 Å². The van der Waals surface area contributed by atoms with Crippen molar-refractivity contribution in [3.05, 3.63) is 58.6 Å². The number of rotatable bonds is 5. The summed E-state index contributed by atoms with van der Waals surface area (Å²) in [4.78, 5) is 0. The molecule has 104 valence electrons. The number of anilines is 1. The standard InChI is InChI=1S/C16H12ClN3O/c17-15-5-4-12(10-19)9-16(15)20-11-13-2-1-3-14(8-13)21-7-6-18/h1-5,8-9,20H,7,11H2. The smallest absolute Gasteiger partial charge is 0.174 e. The Morgan fingerprint density at radius 2 is 2.00 bits per heavy atom. The number of hydrogen-bond donors (Lipinski definition) is 1. The molecule has 1 N–H and O–H groups in total. The molecule has 0 aliphatic rings. The van der Waals surface area contributed by atoms with Crippen LogP contribution in [-0.2, 0) is 6.54 Å². The van der Waals surface area contributed by atoms with Gasteiger partial charge in [0.05, 0.1) is 22.3 Å². The maximum Gasteiger partial charge on any atom is 0.174 e. The van der Waals surface area contributed by atoms with Crippen molar-refractivity contribution in [1.29, 1.82) is 10.5 Å². The van der Waals surface area contributed by atoms with Crippen LogP contribution in [0.15, 0.2) is 42.5 Å². The summed E-state index contributed by atoms with van der Waals surface area (Å²) < 4.78 is 5.25. The lowest BCUT2D eigenvalue weighted by molar-refractivity contribution is 0.368. The molecule has 0 aliphatic heterocycles. The number of ether oxygens (including phenoxy) is 1. The summed E-state index contributed by atoms with van der Waals surface area (Å²) >= 11 is 6.09. The summed E-state index contributed by atoms with van der Waals surface area (Å²) in [7, 11) is 0. The van der Waals surface area contributed by atoms with E-state index < -0.39 is 0 Å². The predicted molar refractivity (Wildman–Crippen MR) is 81.0 cm³/mol. The van der Waals surface area contributed by atoms with Gasteiger partial charge in [-0.1, -0.05) is 23.7 Å². The van der Waals surface area contributed by atoms with E-state index in [1.807, 2.05) is 24.3 Å². The number of benzene rings is 2. The zero-order valence-corrected chi connectivity index (χ0v) is 11.9. The Morgan fingerprint density at radius 1 is 1.14 bits per heavy atom. The molecule has 0 amide bonds. The van der Waals surface area contributed by atoms with Crippen molar-refractivity contribution in [2.45, 2.75) is 6.54 Å². The molecule has 0 spiro atoms. The van der Waals surface area contributed by atoms with E-state index in [2.05, 4.69) is 11.4 Å². The van der Waals surface area contributed by atoms with Crippen LogP contribution in [0.3, 0.4) is 0 Å². The highest BCUT2D eigenvalue weighted by Gasteiger charge is 2.03. The number of nitrogens with one attached hydrogen (secondary N) is 1. The molecule has 0 saturated heterocycles. The first-order chi connectivity index (χ1) is 10.2. The van der Waals surface area contributed by atoms with Crippen LogP contribution in [0.2, 0.25) is 5.02 Å². The molecule has 0 bridgehead atoms. The van der Waals surface area contributed by atoms with Crippen LogP contribution in [0.1, 0.15) is 11.1 Å². The molecule has 5 heteroatoms. The summed E-state index contributed by atoms with van der Waals surface area (Å²) in [5, 5.41) is 21.1. The van der Waals surface area contributed by atoms with E-state index in [0.717, 1.165) is 5.56 Å². The van der Waals surface area contributed by atoms with Crippen molar-refractivity contribution in [3.8, 4) is 17.9 Å². The minimum absolute atomic E-state index is 0.0208. The van der Waals surface area contributed by atoms with Gasteiger partial charge in [-0.25, -0.2) is 0 Å². The van der Waals surface area contributed by atoms with Crippen LogP contribution in [0.25, 0.3) is 0 Å². The highest BCUT2D eigenvalue weighted by Crippen LogP contribution is 2.24. The number of halogens is 1. The lowest BCUT2D eigenvalue weighted by atomic mass is 10.2. The molecule has 2 aromatic carbocycles. The molecular weight excluding hydrogens is 286 g/mol. The van der Waals surface area contributed by atoms with Gasteiger partial charge in [-0.2, -0.15) is 10.5 Å². The second-order valence-corrected chi connectivity index (χ2v) is 4.66. The molecule has 0 saturated carbocycles. The van der Waals surface area contributed by atoms with Crippen LogP contribution in [0.5, 0.6) is 5.75 Å². The van der Waals surface area contributed by atoms with Gasteiger partial charge >= 0.3 is 0 Å². The lowest BCUT2D eigenvalue weighted by Gasteiger charge is -2.10. The number of nitrogens with zero attached hydrogens (tertiary/aromatic N) is 2.